The van der Waals surface area contributed by atoms with Crippen molar-refractivity contribution in [2.24, 2.45) is 5.92 Å². The van der Waals surface area contributed by atoms with E-state index in [-0.39, 0.29) is 0 Å². The average Bonchev–Trinajstić information content (AvgIpc) is 2.36. The number of ether oxygens (including phenoxy) is 2. The molecule has 0 aromatic heterocycles. The lowest BCUT2D eigenvalue weighted by molar-refractivity contribution is 0.0318. The Kier molecular flexibility index (Phi) is 6.67. The molecule has 0 spiro atoms. The summed E-state index contributed by atoms with van der Waals surface area (Å²) >= 11 is 0. The van der Waals surface area contributed by atoms with Crippen LogP contribution >= 0.6 is 0 Å². The fourth-order valence-corrected chi connectivity index (χ4v) is 1.69. The van der Waals surface area contributed by atoms with Crippen molar-refractivity contribution in [3.63, 3.8) is 0 Å². The van der Waals surface area contributed by atoms with Gasteiger partial charge in [-0.1, -0.05) is 13.8 Å². The molecule has 19 heavy (non-hydrogen) atoms. The van der Waals surface area contributed by atoms with E-state index in [9.17, 15) is 5.11 Å². The van der Waals surface area contributed by atoms with Crippen LogP contribution in [0, 0.1) is 12.8 Å². The van der Waals surface area contributed by atoms with Gasteiger partial charge in [-0.2, -0.15) is 0 Å². The van der Waals surface area contributed by atoms with Crippen LogP contribution in [0.25, 0.3) is 0 Å². The number of benzene rings is 1. The van der Waals surface area contributed by atoms with Crippen molar-refractivity contribution in [1.29, 1.82) is 0 Å². The molecule has 0 aliphatic carbocycles. The smallest absolute Gasteiger partial charge is 0.119 e. The molecule has 1 atom stereocenters. The van der Waals surface area contributed by atoms with E-state index >= 15 is 0 Å². The molecule has 0 radical (unpaired) electrons. The van der Waals surface area contributed by atoms with Crippen LogP contribution in [0.1, 0.15) is 19.4 Å². The van der Waals surface area contributed by atoms with Crippen LogP contribution in [-0.4, -0.2) is 38.1 Å². The maximum Gasteiger partial charge on any atom is 0.119 e. The van der Waals surface area contributed by atoms with Crippen LogP contribution in [0.2, 0.25) is 0 Å². The van der Waals surface area contributed by atoms with Gasteiger partial charge in [0.15, 0.2) is 0 Å². The third-order valence-corrected chi connectivity index (χ3v) is 2.72. The predicted octanol–water partition coefficient (Wildman–Crippen LogP) is 2.45. The highest BCUT2D eigenvalue weighted by Gasteiger charge is 2.06. The molecule has 0 heterocycles. The number of hydrogen-bond acceptors (Lipinski definition) is 4. The molecule has 2 N–H and O–H groups in total. The molecule has 0 amide bonds. The summed E-state index contributed by atoms with van der Waals surface area (Å²) in [7, 11) is 1.65. The van der Waals surface area contributed by atoms with Crippen molar-refractivity contribution >= 4 is 5.69 Å². The van der Waals surface area contributed by atoms with Gasteiger partial charge in [0.2, 0.25) is 0 Å². The molecule has 1 aromatic rings. The number of methoxy groups -OCH3 is 1. The SMILES string of the molecule is COc1ccc(NCC(O)COCC(C)C)c(C)c1. The van der Waals surface area contributed by atoms with Gasteiger partial charge < -0.3 is 19.9 Å². The second-order valence-electron chi connectivity index (χ2n) is 5.15. The van der Waals surface area contributed by atoms with Gasteiger partial charge in [0.25, 0.3) is 0 Å². The Morgan fingerprint density at radius 2 is 2.00 bits per heavy atom. The normalized spacial score (nSPS) is 12.5. The molecule has 108 valence electrons. The molecule has 0 aliphatic rings. The van der Waals surface area contributed by atoms with Gasteiger partial charge in [0.1, 0.15) is 5.75 Å². The molecule has 0 saturated heterocycles. The van der Waals surface area contributed by atoms with Crippen LogP contribution < -0.4 is 10.1 Å². The summed E-state index contributed by atoms with van der Waals surface area (Å²) < 4.78 is 10.6. The standard InChI is InChI=1S/C15H25NO3/c1-11(2)9-19-10-13(17)8-16-15-6-5-14(18-4)7-12(15)3/h5-7,11,13,16-17H,8-10H2,1-4H3. The maximum atomic E-state index is 9.80. The zero-order valence-corrected chi connectivity index (χ0v) is 12.3. The highest BCUT2D eigenvalue weighted by atomic mass is 16.5. The molecule has 0 aliphatic heterocycles. The van der Waals surface area contributed by atoms with Crippen molar-refractivity contribution in [2.45, 2.75) is 26.9 Å². The number of aryl methyl sites for hydroxylation is 1. The highest BCUT2D eigenvalue weighted by Crippen LogP contribution is 2.20. The fourth-order valence-electron chi connectivity index (χ4n) is 1.69. The zero-order chi connectivity index (χ0) is 14.3. The van der Waals surface area contributed by atoms with Crippen LogP contribution in [0.15, 0.2) is 18.2 Å². The number of aliphatic hydroxyl groups is 1. The Hall–Kier alpha value is -1.26. The fraction of sp³-hybridized carbons (Fsp3) is 0.600. The summed E-state index contributed by atoms with van der Waals surface area (Å²) in [6, 6.07) is 5.82. The van der Waals surface area contributed by atoms with E-state index in [4.69, 9.17) is 9.47 Å². The summed E-state index contributed by atoms with van der Waals surface area (Å²) in [6.45, 7) is 7.70. The first-order valence-corrected chi connectivity index (χ1v) is 6.67. The summed E-state index contributed by atoms with van der Waals surface area (Å²) in [5.41, 5.74) is 2.10. The van der Waals surface area contributed by atoms with E-state index < -0.39 is 6.10 Å². The molecule has 1 aromatic carbocycles. The first-order chi connectivity index (χ1) is 9.02. The molecule has 0 fully saturated rings. The second kappa shape index (κ2) is 8.02. The summed E-state index contributed by atoms with van der Waals surface area (Å²) in [5.74, 6) is 1.33. The van der Waals surface area contributed by atoms with Gasteiger partial charge in [-0.05, 0) is 36.6 Å². The van der Waals surface area contributed by atoms with Crippen LogP contribution in [-0.2, 0) is 4.74 Å². The van der Waals surface area contributed by atoms with Crippen molar-refractivity contribution in [2.75, 3.05) is 32.2 Å². The van der Waals surface area contributed by atoms with Gasteiger partial charge in [0, 0.05) is 18.8 Å². The van der Waals surface area contributed by atoms with Gasteiger partial charge in [-0.25, -0.2) is 0 Å². The van der Waals surface area contributed by atoms with E-state index in [2.05, 4.69) is 19.2 Å². The minimum atomic E-state index is -0.500. The zero-order valence-electron chi connectivity index (χ0n) is 12.3. The number of rotatable bonds is 8. The lowest BCUT2D eigenvalue weighted by Crippen LogP contribution is -2.25. The van der Waals surface area contributed by atoms with Gasteiger partial charge in [0.05, 0.1) is 19.8 Å². The largest absolute Gasteiger partial charge is 0.497 e. The topological polar surface area (TPSA) is 50.7 Å². The van der Waals surface area contributed by atoms with Crippen LogP contribution in [0.3, 0.4) is 0 Å². The third-order valence-electron chi connectivity index (χ3n) is 2.72. The minimum absolute atomic E-state index is 0.361. The molecule has 0 saturated carbocycles. The minimum Gasteiger partial charge on any atom is -0.497 e. The summed E-state index contributed by atoms with van der Waals surface area (Å²) in [5, 5.41) is 13.0. The van der Waals surface area contributed by atoms with Crippen molar-refractivity contribution < 1.29 is 14.6 Å². The van der Waals surface area contributed by atoms with Crippen LogP contribution in [0.4, 0.5) is 5.69 Å². The Morgan fingerprint density at radius 3 is 2.58 bits per heavy atom. The van der Waals surface area contributed by atoms with E-state index in [1.54, 1.807) is 7.11 Å². The van der Waals surface area contributed by atoms with Gasteiger partial charge >= 0.3 is 0 Å². The molecule has 4 heteroatoms. The number of nitrogens with one attached hydrogen (secondary N) is 1. The predicted molar refractivity (Wildman–Crippen MR) is 77.9 cm³/mol. The molecule has 1 unspecified atom stereocenters. The van der Waals surface area contributed by atoms with Crippen molar-refractivity contribution in [1.82, 2.24) is 0 Å². The van der Waals surface area contributed by atoms with Crippen molar-refractivity contribution in [3.8, 4) is 5.75 Å². The Balaban J connectivity index is 2.35. The Morgan fingerprint density at radius 1 is 1.26 bits per heavy atom. The molecular formula is C15H25NO3. The first-order valence-electron chi connectivity index (χ1n) is 6.67. The van der Waals surface area contributed by atoms with Crippen molar-refractivity contribution in [3.05, 3.63) is 23.8 Å². The summed E-state index contributed by atoms with van der Waals surface area (Å²) in [6.07, 6.45) is -0.500. The Labute approximate surface area is 115 Å². The van der Waals surface area contributed by atoms with Crippen LogP contribution in [0.5, 0.6) is 5.75 Å². The third kappa shape index (κ3) is 5.94. The quantitative estimate of drug-likeness (QED) is 0.759. The first kappa shape index (κ1) is 15.8. The lowest BCUT2D eigenvalue weighted by Gasteiger charge is -2.15. The lowest BCUT2D eigenvalue weighted by atomic mass is 10.2. The highest BCUT2D eigenvalue weighted by molar-refractivity contribution is 5.53. The molecule has 0 bridgehead atoms. The second-order valence-corrected chi connectivity index (χ2v) is 5.15. The molecule has 1 rings (SSSR count). The number of aliphatic hydroxyl groups excluding tert-OH is 1. The maximum absolute atomic E-state index is 9.80. The molecular weight excluding hydrogens is 242 g/mol. The van der Waals surface area contributed by atoms with Gasteiger partial charge in [-0.3, -0.25) is 0 Å². The Bertz CT molecular complexity index is 380. The van der Waals surface area contributed by atoms with E-state index in [1.807, 2.05) is 25.1 Å². The average molecular weight is 267 g/mol. The summed E-state index contributed by atoms with van der Waals surface area (Å²) in [4.78, 5) is 0. The monoisotopic (exact) mass is 267 g/mol. The van der Waals surface area contributed by atoms with E-state index in [0.717, 1.165) is 17.0 Å². The number of hydrogen-bond donors (Lipinski definition) is 2. The van der Waals surface area contributed by atoms with E-state index in [1.165, 1.54) is 0 Å². The van der Waals surface area contributed by atoms with E-state index in [0.29, 0.717) is 25.7 Å². The number of anilines is 1. The molecule has 4 nitrogen and oxygen atoms in total. The van der Waals surface area contributed by atoms with Gasteiger partial charge in [-0.15, -0.1) is 0 Å².